The van der Waals surface area contributed by atoms with Crippen LogP contribution < -0.4 is 5.32 Å². The fourth-order valence-corrected chi connectivity index (χ4v) is 1.49. The predicted molar refractivity (Wildman–Crippen MR) is 38.0 cm³/mol. The van der Waals surface area contributed by atoms with Crippen LogP contribution in [0.4, 0.5) is 0 Å². The van der Waals surface area contributed by atoms with Crippen molar-refractivity contribution in [3.05, 3.63) is 23.4 Å². The second-order valence-corrected chi connectivity index (χ2v) is 2.65. The Hall–Kier alpha value is -0.720. The van der Waals surface area contributed by atoms with Gasteiger partial charge in [0.2, 0.25) is 0 Å². The van der Waals surface area contributed by atoms with Crippen LogP contribution in [0.1, 0.15) is 19.3 Å². The molecule has 1 aliphatic heterocycles. The standard InChI is InChI=1S/C8H11N/c1-3-7-4-2-6-9-8(7)5-1/h1,5,9H,2-4,6H2. The third kappa shape index (κ3) is 0.766. The van der Waals surface area contributed by atoms with E-state index >= 15 is 0 Å². The van der Waals surface area contributed by atoms with Crippen LogP contribution in [0.5, 0.6) is 0 Å². The van der Waals surface area contributed by atoms with Crippen molar-refractivity contribution in [2.24, 2.45) is 0 Å². The van der Waals surface area contributed by atoms with Gasteiger partial charge >= 0.3 is 0 Å². The zero-order chi connectivity index (χ0) is 6.10. The van der Waals surface area contributed by atoms with Crippen LogP contribution in [0.15, 0.2) is 23.4 Å². The lowest BCUT2D eigenvalue weighted by atomic mass is 10.1. The number of nitrogens with one attached hydrogen (secondary N) is 1. The van der Waals surface area contributed by atoms with E-state index in [-0.39, 0.29) is 0 Å². The highest BCUT2D eigenvalue weighted by Gasteiger charge is 2.11. The lowest BCUT2D eigenvalue weighted by Gasteiger charge is -2.15. The topological polar surface area (TPSA) is 12.0 Å². The number of rotatable bonds is 0. The summed E-state index contributed by atoms with van der Waals surface area (Å²) in [6, 6.07) is 0. The average Bonchev–Trinajstić information content (AvgIpc) is 2.33. The third-order valence-corrected chi connectivity index (χ3v) is 2.00. The van der Waals surface area contributed by atoms with Crippen molar-refractivity contribution in [1.29, 1.82) is 0 Å². The molecule has 0 spiro atoms. The summed E-state index contributed by atoms with van der Waals surface area (Å²) in [7, 11) is 0. The fraction of sp³-hybridized carbons (Fsp3) is 0.500. The van der Waals surface area contributed by atoms with Crippen LogP contribution >= 0.6 is 0 Å². The fourth-order valence-electron chi connectivity index (χ4n) is 1.49. The van der Waals surface area contributed by atoms with Gasteiger partial charge in [0.15, 0.2) is 0 Å². The molecule has 1 aliphatic carbocycles. The second-order valence-electron chi connectivity index (χ2n) is 2.65. The van der Waals surface area contributed by atoms with E-state index in [1.54, 1.807) is 5.57 Å². The summed E-state index contributed by atoms with van der Waals surface area (Å²) in [6.45, 7) is 1.17. The van der Waals surface area contributed by atoms with Gasteiger partial charge in [-0.1, -0.05) is 6.08 Å². The first kappa shape index (κ1) is 5.10. The van der Waals surface area contributed by atoms with Gasteiger partial charge in [-0.3, -0.25) is 0 Å². The first-order valence-electron chi connectivity index (χ1n) is 3.59. The Labute approximate surface area is 55.5 Å². The highest BCUT2D eigenvalue weighted by Crippen LogP contribution is 2.23. The number of hydrogen-bond donors (Lipinski definition) is 1. The van der Waals surface area contributed by atoms with E-state index in [0.29, 0.717) is 0 Å². The first-order chi connectivity index (χ1) is 4.47. The van der Waals surface area contributed by atoms with Crippen molar-refractivity contribution < 1.29 is 0 Å². The largest absolute Gasteiger partial charge is 0.385 e. The van der Waals surface area contributed by atoms with Gasteiger partial charge < -0.3 is 5.32 Å². The molecule has 2 aliphatic rings. The molecule has 0 aromatic rings. The van der Waals surface area contributed by atoms with E-state index in [4.69, 9.17) is 0 Å². The predicted octanol–water partition coefficient (Wildman–Crippen LogP) is 1.58. The molecule has 0 fully saturated rings. The molecule has 0 aromatic heterocycles. The maximum atomic E-state index is 3.37. The SMILES string of the molecule is C1=CC2=C(C1)CCCN2. The summed E-state index contributed by atoms with van der Waals surface area (Å²) in [5.74, 6) is 0. The Morgan fingerprint density at radius 1 is 1.44 bits per heavy atom. The number of allylic oxidation sites excluding steroid dienone is 3. The third-order valence-electron chi connectivity index (χ3n) is 2.00. The highest BCUT2D eigenvalue weighted by atomic mass is 14.9. The van der Waals surface area contributed by atoms with Crippen molar-refractivity contribution in [2.75, 3.05) is 6.54 Å². The van der Waals surface area contributed by atoms with Gasteiger partial charge in [-0.05, 0) is 30.9 Å². The summed E-state index contributed by atoms with van der Waals surface area (Å²) in [6.07, 6.45) is 8.27. The van der Waals surface area contributed by atoms with Crippen LogP contribution in [-0.4, -0.2) is 6.54 Å². The second kappa shape index (κ2) is 1.90. The lowest BCUT2D eigenvalue weighted by Crippen LogP contribution is -2.18. The molecule has 0 amide bonds. The minimum atomic E-state index is 1.17. The average molecular weight is 121 g/mol. The van der Waals surface area contributed by atoms with Crippen LogP contribution in [0, 0.1) is 0 Å². The Balaban J connectivity index is 2.24. The Bertz CT molecular complexity index is 177. The molecule has 1 nitrogen and oxygen atoms in total. The summed E-state index contributed by atoms with van der Waals surface area (Å²) in [5, 5.41) is 3.37. The van der Waals surface area contributed by atoms with E-state index in [1.165, 1.54) is 31.5 Å². The number of hydrogen-bond acceptors (Lipinski definition) is 1. The van der Waals surface area contributed by atoms with Gasteiger partial charge in [0.05, 0.1) is 0 Å². The van der Waals surface area contributed by atoms with Gasteiger partial charge in [-0.15, -0.1) is 0 Å². The molecular formula is C8H11N. The van der Waals surface area contributed by atoms with Gasteiger partial charge in [0, 0.05) is 12.2 Å². The molecule has 1 heteroatoms. The molecular weight excluding hydrogens is 110 g/mol. The van der Waals surface area contributed by atoms with Gasteiger partial charge in [-0.25, -0.2) is 0 Å². The summed E-state index contributed by atoms with van der Waals surface area (Å²) >= 11 is 0. The minimum absolute atomic E-state index is 1.17. The highest BCUT2D eigenvalue weighted by molar-refractivity contribution is 5.33. The Kier molecular flexibility index (Phi) is 1.08. The zero-order valence-electron chi connectivity index (χ0n) is 5.48. The van der Waals surface area contributed by atoms with Crippen molar-refractivity contribution >= 4 is 0 Å². The summed E-state index contributed by atoms with van der Waals surface area (Å²) in [5.41, 5.74) is 3.02. The first-order valence-corrected chi connectivity index (χ1v) is 3.59. The molecule has 2 rings (SSSR count). The van der Waals surface area contributed by atoms with E-state index in [9.17, 15) is 0 Å². The van der Waals surface area contributed by atoms with Crippen molar-refractivity contribution in [1.82, 2.24) is 5.32 Å². The van der Waals surface area contributed by atoms with Crippen LogP contribution in [0.3, 0.4) is 0 Å². The molecule has 0 saturated carbocycles. The minimum Gasteiger partial charge on any atom is -0.385 e. The molecule has 0 unspecified atom stereocenters. The molecule has 48 valence electrons. The molecule has 1 N–H and O–H groups in total. The monoisotopic (exact) mass is 121 g/mol. The summed E-state index contributed by atoms with van der Waals surface area (Å²) < 4.78 is 0. The van der Waals surface area contributed by atoms with Crippen LogP contribution in [-0.2, 0) is 0 Å². The van der Waals surface area contributed by atoms with Crippen molar-refractivity contribution in [3.63, 3.8) is 0 Å². The lowest BCUT2D eigenvalue weighted by molar-refractivity contribution is 0.674. The zero-order valence-corrected chi connectivity index (χ0v) is 5.48. The molecule has 0 saturated heterocycles. The summed E-state index contributed by atoms with van der Waals surface area (Å²) in [4.78, 5) is 0. The van der Waals surface area contributed by atoms with E-state index in [2.05, 4.69) is 17.5 Å². The van der Waals surface area contributed by atoms with E-state index < -0.39 is 0 Å². The quantitative estimate of drug-likeness (QED) is 0.513. The molecule has 0 atom stereocenters. The van der Waals surface area contributed by atoms with Gasteiger partial charge in [-0.2, -0.15) is 0 Å². The molecule has 0 radical (unpaired) electrons. The molecule has 1 heterocycles. The van der Waals surface area contributed by atoms with Crippen molar-refractivity contribution in [2.45, 2.75) is 19.3 Å². The smallest absolute Gasteiger partial charge is 0.0332 e. The van der Waals surface area contributed by atoms with Crippen molar-refractivity contribution in [3.8, 4) is 0 Å². The maximum Gasteiger partial charge on any atom is 0.0332 e. The molecule has 0 aromatic carbocycles. The van der Waals surface area contributed by atoms with Crippen LogP contribution in [0.2, 0.25) is 0 Å². The van der Waals surface area contributed by atoms with E-state index in [0.717, 1.165) is 0 Å². The van der Waals surface area contributed by atoms with E-state index in [1.807, 2.05) is 0 Å². The van der Waals surface area contributed by atoms with Gasteiger partial charge in [0.25, 0.3) is 0 Å². The Morgan fingerprint density at radius 2 is 2.44 bits per heavy atom. The normalized spacial score (nSPS) is 24.0. The maximum absolute atomic E-state index is 3.37. The van der Waals surface area contributed by atoms with Crippen LogP contribution in [0.25, 0.3) is 0 Å². The molecule has 9 heavy (non-hydrogen) atoms. The Morgan fingerprint density at radius 3 is 3.33 bits per heavy atom. The molecule has 0 bridgehead atoms. The van der Waals surface area contributed by atoms with Gasteiger partial charge in [0.1, 0.15) is 0 Å².